The van der Waals surface area contributed by atoms with Gasteiger partial charge in [0.25, 0.3) is 0 Å². The Morgan fingerprint density at radius 1 is 1.29 bits per heavy atom. The summed E-state index contributed by atoms with van der Waals surface area (Å²) in [6.07, 6.45) is -1.55. The summed E-state index contributed by atoms with van der Waals surface area (Å²) in [7, 11) is 0. The third-order valence-electron chi connectivity index (χ3n) is 1.78. The second-order valence-electron chi connectivity index (χ2n) is 2.72. The minimum atomic E-state index is -1.55. The lowest BCUT2D eigenvalue weighted by Gasteiger charge is -2.14. The van der Waals surface area contributed by atoms with Gasteiger partial charge in [-0.1, -0.05) is 30.3 Å². The molecule has 0 saturated heterocycles. The average molecular weight is 218 g/mol. The van der Waals surface area contributed by atoms with Gasteiger partial charge in [0.2, 0.25) is 0 Å². The van der Waals surface area contributed by atoms with Crippen LogP contribution in [0.15, 0.2) is 30.3 Å². The zero-order valence-electron chi connectivity index (χ0n) is 7.33. The molecular formula is C9H12ClNO3. The highest BCUT2D eigenvalue weighted by Crippen LogP contribution is 2.13. The summed E-state index contributed by atoms with van der Waals surface area (Å²) in [6, 6.07) is 7.75. The minimum absolute atomic E-state index is 0. The van der Waals surface area contributed by atoms with Crippen LogP contribution in [0.4, 0.5) is 0 Å². The lowest BCUT2D eigenvalue weighted by atomic mass is 10.0. The molecule has 0 aromatic heterocycles. The summed E-state index contributed by atoms with van der Waals surface area (Å²) < 4.78 is 0. The Bertz CT molecular complexity index is 291. The van der Waals surface area contributed by atoms with Crippen molar-refractivity contribution in [3.63, 3.8) is 0 Å². The summed E-state index contributed by atoms with van der Waals surface area (Å²) >= 11 is 0. The summed E-state index contributed by atoms with van der Waals surface area (Å²) in [5, 5.41) is 17.6. The number of halogens is 1. The van der Waals surface area contributed by atoms with Gasteiger partial charge in [0.05, 0.1) is 6.04 Å². The molecule has 0 bridgehead atoms. The molecule has 1 aromatic rings. The van der Waals surface area contributed by atoms with Gasteiger partial charge in [-0.05, 0) is 5.56 Å². The quantitative estimate of drug-likeness (QED) is 0.691. The topological polar surface area (TPSA) is 83.5 Å². The number of nitrogens with two attached hydrogens (primary N) is 1. The second kappa shape index (κ2) is 5.59. The number of carboxylic acids is 1. The van der Waals surface area contributed by atoms with Gasteiger partial charge in [0.15, 0.2) is 6.10 Å². The molecule has 1 aromatic carbocycles. The summed E-state index contributed by atoms with van der Waals surface area (Å²) in [4.78, 5) is 10.4. The van der Waals surface area contributed by atoms with Crippen LogP contribution in [-0.2, 0) is 4.79 Å². The van der Waals surface area contributed by atoms with Gasteiger partial charge in [0.1, 0.15) is 0 Å². The van der Waals surface area contributed by atoms with Crippen LogP contribution in [0.3, 0.4) is 0 Å². The molecule has 0 saturated carbocycles. The van der Waals surface area contributed by atoms with Crippen LogP contribution in [0, 0.1) is 0 Å². The van der Waals surface area contributed by atoms with E-state index in [0.717, 1.165) is 0 Å². The first-order valence-corrected chi connectivity index (χ1v) is 3.84. The van der Waals surface area contributed by atoms with Gasteiger partial charge in [-0.25, -0.2) is 4.79 Å². The summed E-state index contributed by atoms with van der Waals surface area (Å²) in [5.41, 5.74) is 6.12. The largest absolute Gasteiger partial charge is 0.479 e. The molecular weight excluding hydrogens is 206 g/mol. The molecule has 0 aliphatic heterocycles. The summed E-state index contributed by atoms with van der Waals surface area (Å²) in [5.74, 6) is -1.31. The fourth-order valence-corrected chi connectivity index (χ4v) is 1.01. The van der Waals surface area contributed by atoms with Gasteiger partial charge in [-0.2, -0.15) is 0 Å². The molecule has 1 rings (SSSR count). The first-order valence-electron chi connectivity index (χ1n) is 3.84. The molecule has 0 fully saturated rings. The zero-order chi connectivity index (χ0) is 9.84. The van der Waals surface area contributed by atoms with Crippen LogP contribution in [0.2, 0.25) is 0 Å². The lowest BCUT2D eigenvalue weighted by molar-refractivity contribution is -0.147. The molecule has 0 amide bonds. The van der Waals surface area contributed by atoms with Crippen molar-refractivity contribution in [1.29, 1.82) is 0 Å². The maximum atomic E-state index is 10.4. The van der Waals surface area contributed by atoms with E-state index in [-0.39, 0.29) is 12.4 Å². The first-order chi connectivity index (χ1) is 6.13. The highest BCUT2D eigenvalue weighted by atomic mass is 35.5. The fourth-order valence-electron chi connectivity index (χ4n) is 1.01. The van der Waals surface area contributed by atoms with Crippen molar-refractivity contribution in [3.05, 3.63) is 35.9 Å². The molecule has 0 spiro atoms. The van der Waals surface area contributed by atoms with Crippen LogP contribution in [0.25, 0.3) is 0 Å². The Kier molecular flexibility index (Phi) is 5.15. The predicted molar refractivity (Wildman–Crippen MR) is 54.3 cm³/mol. The molecule has 0 aliphatic carbocycles. The smallest absolute Gasteiger partial charge is 0.334 e. The lowest BCUT2D eigenvalue weighted by Crippen LogP contribution is -2.33. The van der Waals surface area contributed by atoms with Crippen molar-refractivity contribution in [2.75, 3.05) is 0 Å². The third kappa shape index (κ3) is 2.99. The van der Waals surface area contributed by atoms with Crippen LogP contribution >= 0.6 is 12.4 Å². The number of benzene rings is 1. The Balaban J connectivity index is 0.00000169. The van der Waals surface area contributed by atoms with E-state index in [1.807, 2.05) is 0 Å². The molecule has 5 heteroatoms. The maximum Gasteiger partial charge on any atom is 0.334 e. The van der Waals surface area contributed by atoms with E-state index in [1.54, 1.807) is 30.3 Å². The van der Waals surface area contributed by atoms with E-state index in [9.17, 15) is 4.79 Å². The number of hydrogen-bond acceptors (Lipinski definition) is 3. The molecule has 0 aliphatic rings. The third-order valence-corrected chi connectivity index (χ3v) is 1.78. The normalized spacial score (nSPS) is 13.9. The van der Waals surface area contributed by atoms with Crippen molar-refractivity contribution in [2.24, 2.45) is 5.73 Å². The number of hydrogen-bond donors (Lipinski definition) is 3. The summed E-state index contributed by atoms with van der Waals surface area (Å²) in [6.45, 7) is 0. The van der Waals surface area contributed by atoms with Crippen molar-refractivity contribution >= 4 is 18.4 Å². The Hall–Kier alpha value is -1.10. The van der Waals surface area contributed by atoms with Crippen LogP contribution in [-0.4, -0.2) is 22.3 Å². The highest BCUT2D eigenvalue weighted by molar-refractivity contribution is 5.85. The average Bonchev–Trinajstić information content (AvgIpc) is 2.17. The number of carbonyl (C=O) groups is 1. The monoisotopic (exact) mass is 217 g/mol. The van der Waals surface area contributed by atoms with Crippen molar-refractivity contribution in [2.45, 2.75) is 12.1 Å². The molecule has 4 N–H and O–H groups in total. The van der Waals surface area contributed by atoms with Crippen molar-refractivity contribution in [1.82, 2.24) is 0 Å². The van der Waals surface area contributed by atoms with Crippen LogP contribution in [0.1, 0.15) is 11.6 Å². The number of aliphatic hydroxyl groups excluding tert-OH is 1. The molecule has 0 unspecified atom stereocenters. The molecule has 14 heavy (non-hydrogen) atoms. The Labute approximate surface area is 87.8 Å². The Morgan fingerprint density at radius 2 is 1.79 bits per heavy atom. The number of rotatable bonds is 3. The van der Waals surface area contributed by atoms with E-state index in [2.05, 4.69) is 0 Å². The van der Waals surface area contributed by atoms with E-state index >= 15 is 0 Å². The number of aliphatic hydroxyl groups is 1. The van der Waals surface area contributed by atoms with Gasteiger partial charge in [-0.3, -0.25) is 0 Å². The van der Waals surface area contributed by atoms with Crippen molar-refractivity contribution < 1.29 is 15.0 Å². The second-order valence-corrected chi connectivity index (χ2v) is 2.72. The van der Waals surface area contributed by atoms with E-state index in [4.69, 9.17) is 15.9 Å². The molecule has 0 radical (unpaired) electrons. The SMILES string of the molecule is Cl.N[C@H](c1ccccc1)[C@H](O)C(=O)O. The molecule has 2 atom stereocenters. The number of aliphatic carboxylic acids is 1. The molecule has 78 valence electrons. The van der Waals surface area contributed by atoms with Crippen LogP contribution in [0.5, 0.6) is 0 Å². The van der Waals surface area contributed by atoms with Gasteiger partial charge < -0.3 is 15.9 Å². The van der Waals surface area contributed by atoms with E-state index < -0.39 is 18.1 Å². The zero-order valence-corrected chi connectivity index (χ0v) is 8.15. The first kappa shape index (κ1) is 12.9. The van der Waals surface area contributed by atoms with Gasteiger partial charge in [-0.15, -0.1) is 12.4 Å². The van der Waals surface area contributed by atoms with Gasteiger partial charge >= 0.3 is 5.97 Å². The molecule has 4 nitrogen and oxygen atoms in total. The van der Waals surface area contributed by atoms with Crippen LogP contribution < -0.4 is 5.73 Å². The van der Waals surface area contributed by atoms with Gasteiger partial charge in [0, 0.05) is 0 Å². The maximum absolute atomic E-state index is 10.4. The fraction of sp³-hybridized carbons (Fsp3) is 0.222. The highest BCUT2D eigenvalue weighted by Gasteiger charge is 2.22. The number of carboxylic acid groups (broad SMARTS) is 1. The predicted octanol–water partition coefficient (Wildman–Crippen LogP) is 0.554. The minimum Gasteiger partial charge on any atom is -0.479 e. The molecule has 0 heterocycles. The Morgan fingerprint density at radius 3 is 2.21 bits per heavy atom. The van der Waals surface area contributed by atoms with Crippen molar-refractivity contribution in [3.8, 4) is 0 Å². The van der Waals surface area contributed by atoms with E-state index in [0.29, 0.717) is 5.56 Å². The van der Waals surface area contributed by atoms with E-state index in [1.165, 1.54) is 0 Å². The standard InChI is InChI=1S/C9H11NO3.ClH/c10-7(8(11)9(12)13)6-4-2-1-3-5-6;/h1-5,7-8,11H,10H2,(H,12,13);1H/t7-,8+;/m1./s1.